The molecule has 6 heteroatoms. The Morgan fingerprint density at radius 3 is 0.887 bits per heavy atom. The van der Waals surface area contributed by atoms with Crippen LogP contribution in [-0.2, 0) is 14.3 Å². The second-order valence-electron chi connectivity index (χ2n) is 24.9. The lowest BCUT2D eigenvalue weighted by Gasteiger charge is -2.20. The van der Waals surface area contributed by atoms with Crippen molar-refractivity contribution in [2.45, 2.75) is 411 Å². The summed E-state index contributed by atoms with van der Waals surface area (Å²) in [5.41, 5.74) is 0. The molecule has 0 aliphatic carbocycles. The molecule has 1 amide bonds. The summed E-state index contributed by atoms with van der Waals surface area (Å²) in [6.07, 6.45) is 89.4. The number of amides is 1. The van der Waals surface area contributed by atoms with E-state index >= 15 is 0 Å². The summed E-state index contributed by atoms with van der Waals surface area (Å²) >= 11 is 0. The predicted octanol–water partition coefficient (Wildman–Crippen LogP) is 23.5. The van der Waals surface area contributed by atoms with Crippen LogP contribution < -0.4 is 5.32 Å². The van der Waals surface area contributed by atoms with Crippen LogP contribution in [0.4, 0.5) is 0 Å². The molecule has 2 atom stereocenters. The summed E-state index contributed by atoms with van der Waals surface area (Å²) in [5, 5.41) is 23.3. The fourth-order valence-electron chi connectivity index (χ4n) is 11.3. The topological polar surface area (TPSA) is 95.9 Å². The first-order valence-electron chi connectivity index (χ1n) is 36.3. The van der Waals surface area contributed by atoms with E-state index in [0.717, 1.165) is 44.9 Å². The highest BCUT2D eigenvalue weighted by Crippen LogP contribution is 2.18. The zero-order valence-electron chi connectivity index (χ0n) is 54.1. The van der Waals surface area contributed by atoms with Crippen molar-refractivity contribution in [2.24, 2.45) is 0 Å². The Balaban J connectivity index is 3.43. The van der Waals surface area contributed by atoms with Crippen molar-refractivity contribution >= 4 is 11.9 Å². The van der Waals surface area contributed by atoms with Gasteiger partial charge in [0.1, 0.15) is 0 Å². The Hall–Kier alpha value is -1.92. The van der Waals surface area contributed by atoms with Crippen LogP contribution >= 0.6 is 0 Å². The molecular formula is C74H141NO5. The van der Waals surface area contributed by atoms with E-state index in [0.29, 0.717) is 19.4 Å². The lowest BCUT2D eigenvalue weighted by molar-refractivity contribution is -0.143. The number of aliphatic hydroxyl groups excluding tert-OH is 2. The Kier molecular flexibility index (Phi) is 67.9. The van der Waals surface area contributed by atoms with Gasteiger partial charge in [0.05, 0.1) is 25.4 Å². The molecule has 0 aromatic carbocycles. The van der Waals surface area contributed by atoms with E-state index in [1.165, 1.54) is 327 Å². The summed E-state index contributed by atoms with van der Waals surface area (Å²) in [5.74, 6) is -0.0638. The monoisotopic (exact) mass is 1120 g/mol. The minimum Gasteiger partial charge on any atom is -0.466 e. The summed E-state index contributed by atoms with van der Waals surface area (Å²) in [6, 6.07) is -0.633. The van der Waals surface area contributed by atoms with E-state index in [9.17, 15) is 19.8 Å². The third-order valence-electron chi connectivity index (χ3n) is 16.9. The first-order valence-corrected chi connectivity index (χ1v) is 36.3. The quantitative estimate of drug-likeness (QED) is 0.0320. The normalized spacial score (nSPS) is 12.7. The minimum atomic E-state index is -0.849. The van der Waals surface area contributed by atoms with Crippen molar-refractivity contribution in [2.75, 3.05) is 13.2 Å². The zero-order chi connectivity index (χ0) is 57.8. The molecule has 0 heterocycles. The van der Waals surface area contributed by atoms with Crippen LogP contribution in [0, 0.1) is 0 Å². The molecule has 0 radical (unpaired) electrons. The molecule has 80 heavy (non-hydrogen) atoms. The van der Waals surface area contributed by atoms with Crippen molar-refractivity contribution < 1.29 is 24.5 Å². The minimum absolute atomic E-state index is 0.00473. The molecule has 2 unspecified atom stereocenters. The largest absolute Gasteiger partial charge is 0.466 e. The highest BCUT2D eigenvalue weighted by molar-refractivity contribution is 5.76. The summed E-state index contributed by atoms with van der Waals surface area (Å²) in [7, 11) is 0. The molecule has 3 N–H and O–H groups in total. The van der Waals surface area contributed by atoms with Crippen molar-refractivity contribution in [3.05, 3.63) is 36.5 Å². The Morgan fingerprint density at radius 2 is 0.588 bits per heavy atom. The number of unbranched alkanes of at least 4 members (excludes halogenated alkanes) is 53. The van der Waals surface area contributed by atoms with Gasteiger partial charge in [-0.1, -0.05) is 339 Å². The maximum atomic E-state index is 12.5. The van der Waals surface area contributed by atoms with Gasteiger partial charge in [-0.15, -0.1) is 0 Å². The number of ether oxygens (including phenoxy) is 1. The fourth-order valence-corrected chi connectivity index (χ4v) is 11.3. The molecular weight excluding hydrogens is 983 g/mol. The predicted molar refractivity (Wildman–Crippen MR) is 352 cm³/mol. The third-order valence-corrected chi connectivity index (χ3v) is 16.9. The summed E-state index contributed by atoms with van der Waals surface area (Å²) < 4.78 is 5.49. The fraction of sp³-hybridized carbons (Fsp3) is 0.892. The number of hydrogen-bond acceptors (Lipinski definition) is 5. The number of aliphatic hydroxyl groups is 2. The zero-order valence-corrected chi connectivity index (χ0v) is 54.1. The molecule has 6 nitrogen and oxygen atoms in total. The van der Waals surface area contributed by atoms with Gasteiger partial charge in [-0.3, -0.25) is 9.59 Å². The van der Waals surface area contributed by atoms with E-state index in [1.807, 2.05) is 6.08 Å². The van der Waals surface area contributed by atoms with Crippen LogP contribution in [-0.4, -0.2) is 47.4 Å². The van der Waals surface area contributed by atoms with Gasteiger partial charge in [-0.05, 0) is 83.5 Å². The second-order valence-corrected chi connectivity index (χ2v) is 24.9. The molecule has 0 aromatic heterocycles. The van der Waals surface area contributed by atoms with Gasteiger partial charge in [0.25, 0.3) is 0 Å². The van der Waals surface area contributed by atoms with Crippen LogP contribution in [0.25, 0.3) is 0 Å². The van der Waals surface area contributed by atoms with Crippen LogP contribution in [0.5, 0.6) is 0 Å². The van der Waals surface area contributed by atoms with E-state index in [2.05, 4.69) is 43.5 Å². The van der Waals surface area contributed by atoms with Gasteiger partial charge < -0.3 is 20.3 Å². The van der Waals surface area contributed by atoms with Crippen molar-refractivity contribution in [3.63, 3.8) is 0 Å². The van der Waals surface area contributed by atoms with Gasteiger partial charge >= 0.3 is 5.97 Å². The van der Waals surface area contributed by atoms with Gasteiger partial charge in [-0.2, -0.15) is 0 Å². The first-order chi connectivity index (χ1) is 39.5. The average molecular weight is 1120 g/mol. The van der Waals surface area contributed by atoms with Gasteiger partial charge in [0.2, 0.25) is 5.91 Å². The Labute approximate surface area is 500 Å². The standard InChI is InChI=1S/C74H141NO5/c1-3-5-7-9-11-13-15-17-19-20-21-22-23-26-29-32-35-39-42-46-50-54-58-62-66-72(77)71(70-76)75-73(78)67-63-59-55-51-47-43-40-36-33-30-27-24-25-28-31-34-37-41-45-49-53-57-61-65-69-80-74(79)68-64-60-56-52-48-44-38-18-16-14-12-10-8-6-4-2/h18,27,30,38,62,66,71-72,76-77H,3-17,19-26,28-29,31-37,39-61,63-65,67-70H2,1-2H3,(H,75,78)/b30-27-,38-18-,66-62+. The number of carbonyl (C=O) groups excluding carboxylic acids is 2. The van der Waals surface area contributed by atoms with Crippen LogP contribution in [0.2, 0.25) is 0 Å². The van der Waals surface area contributed by atoms with Crippen LogP contribution in [0.1, 0.15) is 399 Å². The highest BCUT2D eigenvalue weighted by Gasteiger charge is 2.18. The molecule has 472 valence electrons. The lowest BCUT2D eigenvalue weighted by atomic mass is 10.0. The van der Waals surface area contributed by atoms with E-state index in [-0.39, 0.29) is 18.5 Å². The second kappa shape index (κ2) is 69.6. The number of allylic oxidation sites excluding steroid dienone is 5. The van der Waals surface area contributed by atoms with E-state index in [4.69, 9.17) is 4.74 Å². The number of nitrogens with one attached hydrogen (secondary N) is 1. The molecule has 0 rings (SSSR count). The average Bonchev–Trinajstić information content (AvgIpc) is 3.46. The maximum absolute atomic E-state index is 12.5. The highest BCUT2D eigenvalue weighted by atomic mass is 16.5. The molecule has 0 fully saturated rings. The van der Waals surface area contributed by atoms with Gasteiger partial charge in [0, 0.05) is 12.8 Å². The Bertz CT molecular complexity index is 1300. The van der Waals surface area contributed by atoms with Crippen LogP contribution in [0.3, 0.4) is 0 Å². The van der Waals surface area contributed by atoms with E-state index < -0.39 is 12.1 Å². The van der Waals surface area contributed by atoms with Crippen molar-refractivity contribution in [3.8, 4) is 0 Å². The number of esters is 1. The van der Waals surface area contributed by atoms with Gasteiger partial charge in [-0.25, -0.2) is 0 Å². The maximum Gasteiger partial charge on any atom is 0.305 e. The SMILES string of the molecule is CCCCCCCC/C=C\CCCCCCCC(=O)OCCCCCCCCCCCCCC/C=C\CCCCCCCCCCC(=O)NC(CO)C(O)/C=C/CCCCCCCCCCCCCCCCCCCCCCCC. The number of rotatable bonds is 68. The van der Waals surface area contributed by atoms with Gasteiger partial charge in [0.15, 0.2) is 0 Å². The molecule has 0 spiro atoms. The lowest BCUT2D eigenvalue weighted by Crippen LogP contribution is -2.45. The molecule has 0 aliphatic rings. The molecule has 0 saturated carbocycles. The van der Waals surface area contributed by atoms with Crippen LogP contribution in [0.15, 0.2) is 36.5 Å². The summed E-state index contributed by atoms with van der Waals surface area (Å²) in [4.78, 5) is 24.6. The third kappa shape index (κ3) is 65.2. The molecule has 0 aromatic rings. The molecule has 0 aliphatic heterocycles. The molecule has 0 bridgehead atoms. The Morgan fingerprint density at radius 1 is 0.338 bits per heavy atom. The summed E-state index contributed by atoms with van der Waals surface area (Å²) in [6.45, 7) is 4.93. The number of hydrogen-bond donors (Lipinski definition) is 3. The molecule has 0 saturated heterocycles. The smallest absolute Gasteiger partial charge is 0.305 e. The van der Waals surface area contributed by atoms with E-state index in [1.54, 1.807) is 6.08 Å². The first kappa shape index (κ1) is 78.1. The van der Waals surface area contributed by atoms with Crippen molar-refractivity contribution in [1.29, 1.82) is 0 Å². The number of carbonyl (C=O) groups is 2. The van der Waals surface area contributed by atoms with Crippen molar-refractivity contribution in [1.82, 2.24) is 5.32 Å².